The number of ether oxygens (including phenoxy) is 2. The van der Waals surface area contributed by atoms with Crippen LogP contribution in [0.15, 0.2) is 24.3 Å². The lowest BCUT2D eigenvalue weighted by Gasteiger charge is -2.25. The van der Waals surface area contributed by atoms with Gasteiger partial charge in [0.05, 0.1) is 13.2 Å². The van der Waals surface area contributed by atoms with Crippen molar-refractivity contribution in [1.82, 2.24) is 0 Å². The molecule has 1 rings (SSSR count). The molecular formula is C13H21NO2. The van der Waals surface area contributed by atoms with Gasteiger partial charge in [0.1, 0.15) is 11.9 Å². The van der Waals surface area contributed by atoms with Crippen LogP contribution in [0.2, 0.25) is 0 Å². The van der Waals surface area contributed by atoms with Gasteiger partial charge < -0.3 is 15.2 Å². The Morgan fingerprint density at radius 2 is 1.75 bits per heavy atom. The summed E-state index contributed by atoms with van der Waals surface area (Å²) in [5.41, 5.74) is 6.97. The van der Waals surface area contributed by atoms with Crippen LogP contribution in [0.3, 0.4) is 0 Å². The lowest BCUT2D eigenvalue weighted by Crippen LogP contribution is -2.29. The van der Waals surface area contributed by atoms with E-state index in [4.69, 9.17) is 15.2 Å². The lowest BCUT2D eigenvalue weighted by molar-refractivity contribution is -0.00628. The van der Waals surface area contributed by atoms with Gasteiger partial charge in [-0.15, -0.1) is 0 Å². The molecular weight excluding hydrogens is 202 g/mol. The molecule has 0 fully saturated rings. The summed E-state index contributed by atoms with van der Waals surface area (Å²) >= 11 is 0. The molecule has 0 radical (unpaired) electrons. The molecule has 2 N–H and O–H groups in total. The molecule has 0 aliphatic rings. The Morgan fingerprint density at radius 1 is 1.12 bits per heavy atom. The van der Waals surface area contributed by atoms with E-state index in [1.807, 2.05) is 45.0 Å². The highest BCUT2D eigenvalue weighted by Crippen LogP contribution is 2.30. The van der Waals surface area contributed by atoms with E-state index in [0.29, 0.717) is 0 Å². The molecule has 0 bridgehead atoms. The van der Waals surface area contributed by atoms with Crippen LogP contribution in [0.25, 0.3) is 0 Å². The highest BCUT2D eigenvalue weighted by molar-refractivity contribution is 5.35. The normalized spacial score (nSPS) is 14.9. The Kier molecular flexibility index (Phi) is 4.77. The smallest absolute Gasteiger partial charge is 0.124 e. The third-order valence-corrected chi connectivity index (χ3v) is 2.34. The Morgan fingerprint density at radius 3 is 2.25 bits per heavy atom. The van der Waals surface area contributed by atoms with E-state index in [1.54, 1.807) is 7.11 Å². The molecule has 3 heteroatoms. The van der Waals surface area contributed by atoms with Gasteiger partial charge in [0.15, 0.2) is 0 Å². The Hall–Kier alpha value is -1.06. The minimum atomic E-state index is -0.129. The molecule has 1 aromatic carbocycles. The van der Waals surface area contributed by atoms with Gasteiger partial charge in [0, 0.05) is 11.6 Å². The molecule has 0 aliphatic heterocycles. The fraction of sp³-hybridized carbons (Fsp3) is 0.538. The average Bonchev–Trinajstić information content (AvgIpc) is 2.25. The van der Waals surface area contributed by atoms with E-state index in [2.05, 4.69) is 0 Å². The first-order valence-electron chi connectivity index (χ1n) is 5.60. The number of hydrogen-bond donors (Lipinski definition) is 1. The predicted molar refractivity (Wildman–Crippen MR) is 65.6 cm³/mol. The topological polar surface area (TPSA) is 44.5 Å². The summed E-state index contributed by atoms with van der Waals surface area (Å²) in [6.07, 6.45) is 0.0112. The van der Waals surface area contributed by atoms with Gasteiger partial charge in [0.2, 0.25) is 0 Å². The predicted octanol–water partition coefficient (Wildman–Crippen LogP) is 2.51. The second-order valence-corrected chi connectivity index (χ2v) is 4.21. The summed E-state index contributed by atoms with van der Waals surface area (Å²) in [5.74, 6) is 0.824. The summed E-state index contributed by atoms with van der Waals surface area (Å²) < 4.78 is 11.2. The maximum atomic E-state index is 5.96. The highest BCUT2D eigenvalue weighted by atomic mass is 16.5. The third kappa shape index (κ3) is 3.22. The molecule has 1 aromatic rings. The number of hydrogen-bond acceptors (Lipinski definition) is 3. The lowest BCUT2D eigenvalue weighted by atomic mass is 10.0. The molecule has 0 heterocycles. The summed E-state index contributed by atoms with van der Waals surface area (Å²) in [4.78, 5) is 0. The van der Waals surface area contributed by atoms with Crippen LogP contribution in [0.5, 0.6) is 5.75 Å². The van der Waals surface area contributed by atoms with Crippen molar-refractivity contribution in [3.8, 4) is 5.75 Å². The molecule has 0 aromatic heterocycles. The van der Waals surface area contributed by atoms with Crippen LogP contribution in [0, 0.1) is 0 Å². The van der Waals surface area contributed by atoms with Gasteiger partial charge in [-0.05, 0) is 26.8 Å². The maximum absolute atomic E-state index is 5.96. The van der Waals surface area contributed by atoms with Crippen LogP contribution in [-0.4, -0.2) is 19.3 Å². The molecule has 0 saturated carbocycles. The number of nitrogens with two attached hydrogens (primary N) is 1. The monoisotopic (exact) mass is 223 g/mol. The van der Waals surface area contributed by atoms with Crippen LogP contribution in [-0.2, 0) is 4.74 Å². The van der Waals surface area contributed by atoms with Crippen LogP contribution in [0.1, 0.15) is 32.4 Å². The zero-order valence-corrected chi connectivity index (χ0v) is 10.4. The summed E-state index contributed by atoms with van der Waals surface area (Å²) in [7, 11) is 1.66. The first kappa shape index (κ1) is 13.0. The van der Waals surface area contributed by atoms with Crippen molar-refractivity contribution in [2.24, 2.45) is 5.73 Å². The van der Waals surface area contributed by atoms with Gasteiger partial charge in [-0.25, -0.2) is 0 Å². The zero-order valence-electron chi connectivity index (χ0n) is 10.4. The van der Waals surface area contributed by atoms with Crippen molar-refractivity contribution in [3.05, 3.63) is 29.8 Å². The van der Waals surface area contributed by atoms with Crippen LogP contribution < -0.4 is 10.5 Å². The highest BCUT2D eigenvalue weighted by Gasteiger charge is 2.21. The van der Waals surface area contributed by atoms with Crippen molar-refractivity contribution >= 4 is 0 Å². The van der Waals surface area contributed by atoms with Gasteiger partial charge in [-0.3, -0.25) is 0 Å². The minimum Gasteiger partial charge on any atom is -0.496 e. The fourth-order valence-electron chi connectivity index (χ4n) is 1.68. The van der Waals surface area contributed by atoms with E-state index >= 15 is 0 Å². The zero-order chi connectivity index (χ0) is 12.1. The van der Waals surface area contributed by atoms with Gasteiger partial charge in [-0.1, -0.05) is 18.2 Å². The maximum Gasteiger partial charge on any atom is 0.124 e. The summed E-state index contributed by atoms with van der Waals surface area (Å²) in [6.45, 7) is 5.95. The van der Waals surface area contributed by atoms with Gasteiger partial charge >= 0.3 is 0 Å². The summed E-state index contributed by atoms with van der Waals surface area (Å²) in [6, 6.07) is 7.76. The molecule has 2 atom stereocenters. The fourth-order valence-corrected chi connectivity index (χ4v) is 1.68. The van der Waals surface area contributed by atoms with Crippen molar-refractivity contribution in [2.75, 3.05) is 7.11 Å². The van der Waals surface area contributed by atoms with E-state index in [0.717, 1.165) is 11.3 Å². The Bertz CT molecular complexity index is 323. The van der Waals surface area contributed by atoms with Crippen molar-refractivity contribution in [3.63, 3.8) is 0 Å². The average molecular weight is 223 g/mol. The van der Waals surface area contributed by atoms with Gasteiger partial charge in [0.25, 0.3) is 0 Å². The van der Waals surface area contributed by atoms with Crippen LogP contribution >= 0.6 is 0 Å². The van der Waals surface area contributed by atoms with Crippen LogP contribution in [0.4, 0.5) is 0 Å². The third-order valence-electron chi connectivity index (χ3n) is 2.34. The Balaban J connectivity index is 3.00. The van der Waals surface area contributed by atoms with Crippen molar-refractivity contribution in [1.29, 1.82) is 0 Å². The largest absolute Gasteiger partial charge is 0.496 e. The molecule has 0 amide bonds. The SMILES string of the molecule is COc1ccccc1C(OC(C)C)C(C)N. The molecule has 16 heavy (non-hydrogen) atoms. The van der Waals surface area contributed by atoms with E-state index < -0.39 is 0 Å². The molecule has 0 aliphatic carbocycles. The van der Waals surface area contributed by atoms with E-state index in [-0.39, 0.29) is 18.2 Å². The molecule has 0 spiro atoms. The molecule has 3 nitrogen and oxygen atoms in total. The minimum absolute atomic E-state index is 0.0706. The number of rotatable bonds is 5. The van der Waals surface area contributed by atoms with E-state index in [1.165, 1.54) is 0 Å². The Labute approximate surface area is 97.6 Å². The quantitative estimate of drug-likeness (QED) is 0.834. The first-order valence-corrected chi connectivity index (χ1v) is 5.60. The van der Waals surface area contributed by atoms with E-state index in [9.17, 15) is 0 Å². The standard InChI is InChI=1S/C13H21NO2/c1-9(2)16-13(10(3)14)11-7-5-6-8-12(11)15-4/h5-10,13H,14H2,1-4H3. The number of benzene rings is 1. The van der Waals surface area contributed by atoms with Crippen molar-refractivity contribution in [2.45, 2.75) is 39.0 Å². The molecule has 2 unspecified atom stereocenters. The summed E-state index contributed by atoms with van der Waals surface area (Å²) in [5, 5.41) is 0. The van der Waals surface area contributed by atoms with Gasteiger partial charge in [-0.2, -0.15) is 0 Å². The second-order valence-electron chi connectivity index (χ2n) is 4.21. The second kappa shape index (κ2) is 5.87. The first-order chi connectivity index (χ1) is 7.56. The number of methoxy groups -OCH3 is 1. The molecule has 0 saturated heterocycles. The van der Waals surface area contributed by atoms with Crippen molar-refractivity contribution < 1.29 is 9.47 Å². The number of para-hydroxylation sites is 1. The molecule has 90 valence electrons.